The third-order valence-corrected chi connectivity index (χ3v) is 2.95. The van der Waals surface area contributed by atoms with Gasteiger partial charge in [0.2, 0.25) is 0 Å². The zero-order valence-corrected chi connectivity index (χ0v) is 12.4. The van der Waals surface area contributed by atoms with Gasteiger partial charge in [-0.2, -0.15) is 5.10 Å². The van der Waals surface area contributed by atoms with Gasteiger partial charge in [0.05, 0.1) is 25.5 Å². The molecule has 1 aromatic carbocycles. The first-order valence-electron chi connectivity index (χ1n) is 6.41. The number of rotatable bonds is 5. The topological polar surface area (TPSA) is 51.1 Å². The van der Waals surface area contributed by atoms with Gasteiger partial charge in [0, 0.05) is 12.7 Å². The summed E-state index contributed by atoms with van der Waals surface area (Å²) < 4.78 is 7.06. The van der Waals surface area contributed by atoms with Crippen molar-refractivity contribution in [1.82, 2.24) is 15.1 Å². The summed E-state index contributed by atoms with van der Waals surface area (Å²) in [4.78, 5) is 0. The molecule has 2 N–H and O–H groups in total. The van der Waals surface area contributed by atoms with E-state index >= 15 is 0 Å². The third-order valence-electron chi connectivity index (χ3n) is 2.71. The molecule has 0 atom stereocenters. The van der Waals surface area contributed by atoms with E-state index < -0.39 is 0 Å². The average Bonchev–Trinajstić information content (AvgIpc) is 2.86. The summed E-state index contributed by atoms with van der Waals surface area (Å²) in [7, 11) is 1.66. The fourth-order valence-corrected chi connectivity index (χ4v) is 2.07. The molecule has 0 fully saturated rings. The molecule has 2 rings (SSSR count). The van der Waals surface area contributed by atoms with E-state index in [1.165, 1.54) is 0 Å². The molecule has 0 spiro atoms. The molecule has 106 valence electrons. The fourth-order valence-electron chi connectivity index (χ4n) is 1.81. The lowest BCUT2D eigenvalue weighted by Crippen LogP contribution is -2.27. The number of hydrogen-bond donors (Lipinski definition) is 2. The van der Waals surface area contributed by atoms with E-state index in [1.807, 2.05) is 42.1 Å². The first-order chi connectivity index (χ1) is 9.71. The van der Waals surface area contributed by atoms with Crippen molar-refractivity contribution in [3.63, 3.8) is 0 Å². The second-order valence-electron chi connectivity index (χ2n) is 4.26. The number of methoxy groups -OCH3 is 1. The maximum Gasteiger partial charge on any atom is 0.170 e. The summed E-state index contributed by atoms with van der Waals surface area (Å²) in [5, 5.41) is 11.0. The van der Waals surface area contributed by atoms with Crippen molar-refractivity contribution in [3.05, 3.63) is 42.2 Å². The third kappa shape index (κ3) is 3.96. The van der Waals surface area contributed by atoms with Crippen molar-refractivity contribution in [1.29, 1.82) is 0 Å². The van der Waals surface area contributed by atoms with Crippen LogP contribution in [0.4, 0.5) is 5.69 Å². The summed E-state index contributed by atoms with van der Waals surface area (Å²) in [6.45, 7) is 3.48. The maximum atomic E-state index is 5.21. The lowest BCUT2D eigenvalue weighted by molar-refractivity contribution is 0.414. The SMILES string of the molecule is CCNC(=S)Nc1cnn(Cc2cccc(OC)c2)c1. The van der Waals surface area contributed by atoms with Crippen LogP contribution in [0.2, 0.25) is 0 Å². The van der Waals surface area contributed by atoms with Crippen molar-refractivity contribution < 1.29 is 4.74 Å². The molecule has 5 nitrogen and oxygen atoms in total. The summed E-state index contributed by atoms with van der Waals surface area (Å²) in [6.07, 6.45) is 3.67. The Hall–Kier alpha value is -2.08. The Kier molecular flexibility index (Phi) is 4.95. The first-order valence-corrected chi connectivity index (χ1v) is 6.82. The zero-order valence-electron chi connectivity index (χ0n) is 11.6. The number of ether oxygens (including phenoxy) is 1. The smallest absolute Gasteiger partial charge is 0.170 e. The van der Waals surface area contributed by atoms with Crippen LogP contribution in [-0.2, 0) is 6.54 Å². The predicted octanol–water partition coefficient (Wildman–Crippen LogP) is 2.25. The number of nitrogens with zero attached hydrogens (tertiary/aromatic N) is 2. The van der Waals surface area contributed by atoms with E-state index in [0.29, 0.717) is 11.7 Å². The van der Waals surface area contributed by atoms with Crippen LogP contribution in [0.15, 0.2) is 36.7 Å². The highest BCUT2D eigenvalue weighted by Gasteiger charge is 2.02. The van der Waals surface area contributed by atoms with Crippen molar-refractivity contribution in [2.45, 2.75) is 13.5 Å². The highest BCUT2D eigenvalue weighted by Crippen LogP contribution is 2.14. The fraction of sp³-hybridized carbons (Fsp3) is 0.286. The van der Waals surface area contributed by atoms with Crippen LogP contribution >= 0.6 is 12.2 Å². The molecule has 0 saturated carbocycles. The van der Waals surface area contributed by atoms with Gasteiger partial charge >= 0.3 is 0 Å². The quantitative estimate of drug-likeness (QED) is 0.827. The molecule has 0 aliphatic rings. The molecule has 6 heteroatoms. The Balaban J connectivity index is 2.00. The van der Waals surface area contributed by atoms with Crippen molar-refractivity contribution in [2.24, 2.45) is 0 Å². The van der Waals surface area contributed by atoms with Crippen LogP contribution < -0.4 is 15.4 Å². The number of benzene rings is 1. The largest absolute Gasteiger partial charge is 0.497 e. The molecule has 0 radical (unpaired) electrons. The van der Waals surface area contributed by atoms with Gasteiger partial charge < -0.3 is 15.4 Å². The van der Waals surface area contributed by atoms with Gasteiger partial charge in [-0.05, 0) is 36.8 Å². The second kappa shape index (κ2) is 6.91. The molecule has 0 amide bonds. The van der Waals surface area contributed by atoms with Gasteiger partial charge in [-0.15, -0.1) is 0 Å². The number of hydrogen-bond acceptors (Lipinski definition) is 3. The van der Waals surface area contributed by atoms with Gasteiger partial charge in [-0.25, -0.2) is 0 Å². The van der Waals surface area contributed by atoms with Crippen molar-refractivity contribution in [3.8, 4) is 5.75 Å². The normalized spacial score (nSPS) is 10.1. The number of anilines is 1. The molecule has 0 aliphatic carbocycles. The van der Waals surface area contributed by atoms with Crippen LogP contribution in [0.5, 0.6) is 5.75 Å². The highest BCUT2D eigenvalue weighted by molar-refractivity contribution is 7.80. The average molecular weight is 290 g/mol. The van der Waals surface area contributed by atoms with E-state index in [1.54, 1.807) is 13.3 Å². The van der Waals surface area contributed by atoms with Crippen LogP contribution in [-0.4, -0.2) is 28.5 Å². The van der Waals surface area contributed by atoms with E-state index in [9.17, 15) is 0 Å². The van der Waals surface area contributed by atoms with Crippen molar-refractivity contribution >= 4 is 23.0 Å². The molecular formula is C14H18N4OS. The molecule has 0 saturated heterocycles. The number of nitrogens with one attached hydrogen (secondary N) is 2. The Morgan fingerprint density at radius 2 is 2.30 bits per heavy atom. The molecule has 0 unspecified atom stereocenters. The summed E-state index contributed by atoms with van der Waals surface area (Å²) in [5.74, 6) is 0.848. The molecule has 1 heterocycles. The van der Waals surface area contributed by atoms with Gasteiger partial charge in [0.25, 0.3) is 0 Å². The highest BCUT2D eigenvalue weighted by atomic mass is 32.1. The van der Waals surface area contributed by atoms with E-state index in [0.717, 1.165) is 23.5 Å². The molecule has 0 aliphatic heterocycles. The van der Waals surface area contributed by atoms with Crippen LogP contribution in [0.3, 0.4) is 0 Å². The summed E-state index contributed by atoms with van der Waals surface area (Å²) in [6, 6.07) is 7.93. The number of aromatic nitrogens is 2. The van der Waals surface area contributed by atoms with Crippen LogP contribution in [0.1, 0.15) is 12.5 Å². The minimum atomic E-state index is 0.605. The van der Waals surface area contributed by atoms with E-state index in [-0.39, 0.29) is 0 Å². The van der Waals surface area contributed by atoms with Gasteiger partial charge in [-0.3, -0.25) is 4.68 Å². The van der Waals surface area contributed by atoms with E-state index in [4.69, 9.17) is 17.0 Å². The summed E-state index contributed by atoms with van der Waals surface area (Å²) in [5.41, 5.74) is 2.01. The maximum absolute atomic E-state index is 5.21. The van der Waals surface area contributed by atoms with Crippen LogP contribution in [0, 0.1) is 0 Å². The van der Waals surface area contributed by atoms with E-state index in [2.05, 4.69) is 15.7 Å². The second-order valence-corrected chi connectivity index (χ2v) is 4.67. The minimum Gasteiger partial charge on any atom is -0.497 e. The van der Waals surface area contributed by atoms with Gasteiger partial charge in [-0.1, -0.05) is 12.1 Å². The summed E-state index contributed by atoms with van der Waals surface area (Å²) >= 11 is 5.13. The molecule has 20 heavy (non-hydrogen) atoms. The molecule has 1 aromatic heterocycles. The standard InChI is InChI=1S/C14H18N4OS/c1-3-15-14(20)17-12-8-16-18(10-12)9-11-5-4-6-13(7-11)19-2/h4-8,10H,3,9H2,1-2H3,(H2,15,17,20). The Morgan fingerprint density at radius 3 is 3.05 bits per heavy atom. The van der Waals surface area contributed by atoms with Gasteiger partial charge in [0.1, 0.15) is 5.75 Å². The zero-order chi connectivity index (χ0) is 14.4. The van der Waals surface area contributed by atoms with Gasteiger partial charge in [0.15, 0.2) is 5.11 Å². The van der Waals surface area contributed by atoms with Crippen molar-refractivity contribution in [2.75, 3.05) is 19.0 Å². The predicted molar refractivity (Wildman–Crippen MR) is 84.2 cm³/mol. The molecule has 0 bridgehead atoms. The first kappa shape index (κ1) is 14.3. The number of thiocarbonyl (C=S) groups is 1. The lowest BCUT2D eigenvalue weighted by atomic mass is 10.2. The molecule has 2 aromatic rings. The Bertz CT molecular complexity index is 582. The lowest BCUT2D eigenvalue weighted by Gasteiger charge is -2.06. The van der Waals surface area contributed by atoms with Crippen LogP contribution in [0.25, 0.3) is 0 Å². The monoisotopic (exact) mass is 290 g/mol. The Morgan fingerprint density at radius 1 is 1.45 bits per heavy atom. The minimum absolute atomic E-state index is 0.605. The molecular weight excluding hydrogens is 272 g/mol. The Labute approximate surface area is 123 Å².